The molecule has 290 valence electrons. The molecular weight excluding hydrogens is 637 g/mol. The fourth-order valence-electron chi connectivity index (χ4n) is 8.97. The number of phenolic OH excluding ortho intramolecular Hbond substituents is 3. The van der Waals surface area contributed by atoms with Crippen molar-refractivity contribution in [1.82, 2.24) is 0 Å². The van der Waals surface area contributed by atoms with Crippen LogP contribution in [0.25, 0.3) is 0 Å². The van der Waals surface area contributed by atoms with Gasteiger partial charge in [0.05, 0.1) is 0 Å². The van der Waals surface area contributed by atoms with E-state index in [1.54, 1.807) is 0 Å². The highest BCUT2D eigenvalue weighted by Crippen LogP contribution is 2.52. The average Bonchev–Trinajstić information content (AvgIpc) is 2.88. The van der Waals surface area contributed by atoms with Crippen LogP contribution in [0.5, 0.6) is 17.2 Å². The lowest BCUT2D eigenvalue weighted by atomic mass is 9.68. The summed E-state index contributed by atoms with van der Waals surface area (Å²) in [6.07, 6.45) is 0.816. The van der Waals surface area contributed by atoms with Crippen molar-refractivity contribution in [2.75, 3.05) is 0 Å². The predicted octanol–water partition coefficient (Wildman–Crippen LogP) is 13.8. The van der Waals surface area contributed by atoms with Crippen LogP contribution >= 0.6 is 0 Å². The van der Waals surface area contributed by atoms with E-state index in [2.05, 4.69) is 171 Å². The minimum atomic E-state index is -0.283. The minimum absolute atomic E-state index is 0.0371. The fraction of sp³-hybridized carbons (Fsp3) is 0.633. The maximum atomic E-state index is 12.0. The van der Waals surface area contributed by atoms with Crippen LogP contribution in [0, 0.1) is 20.8 Å². The highest BCUT2D eigenvalue weighted by molar-refractivity contribution is 5.61. The number of benzene rings is 3. The number of hydrogen-bond donors (Lipinski definition) is 3. The first kappa shape index (κ1) is 43.5. The molecule has 0 radical (unpaired) electrons. The van der Waals surface area contributed by atoms with Crippen LogP contribution in [-0.4, -0.2) is 15.3 Å². The second-order valence-corrected chi connectivity index (χ2v) is 22.3. The minimum Gasteiger partial charge on any atom is -0.507 e. The van der Waals surface area contributed by atoms with E-state index in [0.717, 1.165) is 56.5 Å². The molecule has 0 spiro atoms. The van der Waals surface area contributed by atoms with Gasteiger partial charge in [-0.3, -0.25) is 0 Å². The molecule has 3 rings (SSSR count). The van der Waals surface area contributed by atoms with Crippen molar-refractivity contribution in [1.29, 1.82) is 0 Å². The Morgan fingerprint density at radius 1 is 0.404 bits per heavy atom. The van der Waals surface area contributed by atoms with Crippen LogP contribution in [0.2, 0.25) is 0 Å². The second-order valence-electron chi connectivity index (χ2n) is 22.3. The summed E-state index contributed by atoms with van der Waals surface area (Å²) in [7, 11) is 0. The van der Waals surface area contributed by atoms with Crippen molar-refractivity contribution in [3.63, 3.8) is 0 Å². The van der Waals surface area contributed by atoms with Gasteiger partial charge in [-0.25, -0.2) is 0 Å². The summed E-state index contributed by atoms with van der Waals surface area (Å²) in [4.78, 5) is 0. The SMILES string of the molecule is Cc1c(C(C)CC(c2cc(C(C)(C)C)c(O)c(C(C)(C)C)c2C)c2cc(C(C)(C)C)c(O)c(C(C)(C)C)c2C)cc(C(C)(C)C)c(O)c1C(C)(C)C. The standard InChI is InChI=1S/C49H76O3/c1-27(31-24-35(44(5,6)7)41(50)38(28(31)2)47(14,15)16)23-34(32-25-36(45(8,9)10)42(51)39(29(32)3)48(17,18)19)33-26-37(46(11,12)13)43(52)40(30(33)4)49(20,21)22/h24-27,34,50-52H,23H2,1-22H3. The Hall–Kier alpha value is -2.94. The molecule has 3 heteroatoms. The van der Waals surface area contributed by atoms with E-state index >= 15 is 0 Å². The van der Waals surface area contributed by atoms with Crippen molar-refractivity contribution in [3.05, 3.63) is 85.0 Å². The normalized spacial score (nSPS) is 14.4. The Morgan fingerprint density at radius 3 is 0.865 bits per heavy atom. The highest BCUT2D eigenvalue weighted by atomic mass is 16.3. The Labute approximate surface area is 319 Å². The molecule has 0 amide bonds. The molecule has 0 fully saturated rings. The van der Waals surface area contributed by atoms with Crippen LogP contribution in [0.1, 0.15) is 217 Å². The van der Waals surface area contributed by atoms with Gasteiger partial charge in [-0.05, 0) is 116 Å². The van der Waals surface area contributed by atoms with Gasteiger partial charge in [-0.15, -0.1) is 0 Å². The monoisotopic (exact) mass is 713 g/mol. The summed E-state index contributed by atoms with van der Waals surface area (Å²) in [5.41, 5.74) is 11.5. The molecule has 0 aliphatic rings. The summed E-state index contributed by atoms with van der Waals surface area (Å²) in [6.45, 7) is 48.4. The van der Waals surface area contributed by atoms with E-state index in [9.17, 15) is 15.3 Å². The van der Waals surface area contributed by atoms with Gasteiger partial charge < -0.3 is 15.3 Å². The van der Waals surface area contributed by atoms with Gasteiger partial charge in [0.25, 0.3) is 0 Å². The number of aromatic hydroxyl groups is 3. The zero-order valence-corrected chi connectivity index (χ0v) is 37.4. The predicted molar refractivity (Wildman–Crippen MR) is 226 cm³/mol. The molecular formula is C49H76O3. The van der Waals surface area contributed by atoms with Crippen LogP contribution in [-0.2, 0) is 32.5 Å². The Balaban J connectivity index is 2.64. The topological polar surface area (TPSA) is 60.7 Å². The zero-order valence-electron chi connectivity index (χ0n) is 37.4. The van der Waals surface area contributed by atoms with Gasteiger partial charge in [0.2, 0.25) is 0 Å². The lowest BCUT2D eigenvalue weighted by Crippen LogP contribution is -2.24. The molecule has 3 aromatic carbocycles. The molecule has 0 bridgehead atoms. The first-order chi connectivity index (χ1) is 23.0. The van der Waals surface area contributed by atoms with Gasteiger partial charge in [-0.2, -0.15) is 0 Å². The molecule has 1 unspecified atom stereocenters. The van der Waals surface area contributed by atoms with Gasteiger partial charge in [0, 0.05) is 22.6 Å². The molecule has 0 heterocycles. The van der Waals surface area contributed by atoms with Crippen LogP contribution < -0.4 is 0 Å². The molecule has 0 aliphatic carbocycles. The fourth-order valence-corrected chi connectivity index (χ4v) is 8.97. The Morgan fingerprint density at radius 2 is 0.635 bits per heavy atom. The second kappa shape index (κ2) is 13.7. The molecule has 0 aromatic heterocycles. The summed E-state index contributed by atoms with van der Waals surface area (Å²) < 4.78 is 0. The average molecular weight is 713 g/mol. The Kier molecular flexibility index (Phi) is 11.5. The van der Waals surface area contributed by atoms with Crippen LogP contribution in [0.15, 0.2) is 18.2 Å². The number of rotatable bonds is 5. The molecule has 3 N–H and O–H groups in total. The molecule has 3 aromatic rings. The zero-order chi connectivity index (χ0) is 40.6. The van der Waals surface area contributed by atoms with E-state index in [-0.39, 0.29) is 44.3 Å². The van der Waals surface area contributed by atoms with E-state index in [1.807, 2.05) is 0 Å². The number of hydrogen-bond acceptors (Lipinski definition) is 3. The van der Waals surface area contributed by atoms with Gasteiger partial charge >= 0.3 is 0 Å². The molecule has 52 heavy (non-hydrogen) atoms. The summed E-state index contributed by atoms with van der Waals surface area (Å²) >= 11 is 0. The molecule has 0 saturated carbocycles. The van der Waals surface area contributed by atoms with E-state index < -0.39 is 0 Å². The third-order valence-electron chi connectivity index (χ3n) is 11.3. The highest BCUT2D eigenvalue weighted by Gasteiger charge is 2.37. The summed E-state index contributed by atoms with van der Waals surface area (Å²) in [6, 6.07) is 6.86. The van der Waals surface area contributed by atoms with E-state index in [0.29, 0.717) is 17.2 Å². The van der Waals surface area contributed by atoms with Gasteiger partial charge in [-0.1, -0.05) is 150 Å². The van der Waals surface area contributed by atoms with Crippen molar-refractivity contribution in [2.24, 2.45) is 0 Å². The van der Waals surface area contributed by atoms with Gasteiger partial charge in [0.15, 0.2) is 0 Å². The van der Waals surface area contributed by atoms with E-state index in [4.69, 9.17) is 0 Å². The first-order valence-corrected chi connectivity index (χ1v) is 19.7. The molecule has 0 saturated heterocycles. The van der Waals surface area contributed by atoms with Crippen molar-refractivity contribution in [3.8, 4) is 17.2 Å². The third kappa shape index (κ3) is 8.39. The maximum Gasteiger partial charge on any atom is 0.123 e. The number of phenols is 3. The Bertz CT molecular complexity index is 1720. The van der Waals surface area contributed by atoms with Crippen molar-refractivity contribution in [2.45, 2.75) is 203 Å². The molecule has 0 aliphatic heterocycles. The summed E-state index contributed by atoms with van der Waals surface area (Å²) in [5, 5.41) is 35.8. The van der Waals surface area contributed by atoms with E-state index in [1.165, 1.54) is 16.7 Å². The molecule has 1 atom stereocenters. The maximum absolute atomic E-state index is 12.0. The third-order valence-corrected chi connectivity index (χ3v) is 11.3. The van der Waals surface area contributed by atoms with Gasteiger partial charge in [0.1, 0.15) is 17.2 Å². The lowest BCUT2D eigenvalue weighted by Gasteiger charge is -2.36. The lowest BCUT2D eigenvalue weighted by molar-refractivity contribution is 0.419. The van der Waals surface area contributed by atoms with Crippen molar-refractivity contribution >= 4 is 0 Å². The van der Waals surface area contributed by atoms with Crippen LogP contribution in [0.3, 0.4) is 0 Å². The first-order valence-electron chi connectivity index (χ1n) is 19.7. The van der Waals surface area contributed by atoms with Crippen LogP contribution in [0.4, 0.5) is 0 Å². The molecule has 3 nitrogen and oxygen atoms in total. The van der Waals surface area contributed by atoms with Crippen molar-refractivity contribution < 1.29 is 15.3 Å². The summed E-state index contributed by atoms with van der Waals surface area (Å²) in [5.74, 6) is 1.31. The largest absolute Gasteiger partial charge is 0.507 e. The smallest absolute Gasteiger partial charge is 0.123 e. The quantitative estimate of drug-likeness (QED) is 0.247.